The molecule has 0 aromatic heterocycles. The summed E-state index contributed by atoms with van der Waals surface area (Å²) >= 11 is 2.01. The highest BCUT2D eigenvalue weighted by Gasteiger charge is 2.25. The summed E-state index contributed by atoms with van der Waals surface area (Å²) in [5.41, 5.74) is 1.51. The van der Waals surface area contributed by atoms with Crippen LogP contribution < -0.4 is 5.32 Å². The molecule has 1 N–H and O–H groups in total. The fourth-order valence-corrected chi connectivity index (χ4v) is 4.50. The van der Waals surface area contributed by atoms with Gasteiger partial charge < -0.3 is 5.32 Å². The first-order valence-electron chi connectivity index (χ1n) is 7.57. The standard InChI is InChI=1S/C16H24N2S/c1-2-18-10-5-6-13(18)12-17-15-9-11-19-16-8-4-3-7-14(15)16/h3-4,7-8,13,15,17H,2,5-6,9-12H2,1H3. The molecule has 3 heteroatoms. The Morgan fingerprint density at radius 2 is 2.21 bits per heavy atom. The van der Waals surface area contributed by atoms with Gasteiger partial charge in [0.25, 0.3) is 0 Å². The Kier molecular flexibility index (Phi) is 4.46. The summed E-state index contributed by atoms with van der Waals surface area (Å²) in [4.78, 5) is 4.10. The van der Waals surface area contributed by atoms with Crippen LogP contribution in [0.2, 0.25) is 0 Å². The Labute approximate surface area is 121 Å². The fourth-order valence-electron chi connectivity index (χ4n) is 3.38. The molecule has 0 amide bonds. The Hall–Kier alpha value is -0.510. The van der Waals surface area contributed by atoms with E-state index in [0.29, 0.717) is 6.04 Å². The van der Waals surface area contributed by atoms with E-state index in [1.165, 1.54) is 48.6 Å². The average Bonchev–Trinajstić information content (AvgIpc) is 2.92. The first-order chi connectivity index (χ1) is 9.38. The monoisotopic (exact) mass is 276 g/mol. The molecular weight excluding hydrogens is 252 g/mol. The molecule has 2 aliphatic heterocycles. The van der Waals surface area contributed by atoms with Crippen molar-refractivity contribution in [2.75, 3.05) is 25.4 Å². The summed E-state index contributed by atoms with van der Waals surface area (Å²) in [7, 11) is 0. The van der Waals surface area contributed by atoms with Crippen molar-refractivity contribution in [3.8, 4) is 0 Å². The molecule has 1 aromatic rings. The number of fused-ring (bicyclic) bond motifs is 1. The Balaban J connectivity index is 1.62. The predicted molar refractivity (Wildman–Crippen MR) is 82.8 cm³/mol. The van der Waals surface area contributed by atoms with Crippen molar-refractivity contribution < 1.29 is 0 Å². The van der Waals surface area contributed by atoms with E-state index in [2.05, 4.69) is 41.4 Å². The van der Waals surface area contributed by atoms with Crippen LogP contribution in [0.4, 0.5) is 0 Å². The van der Waals surface area contributed by atoms with Crippen LogP contribution >= 0.6 is 11.8 Å². The predicted octanol–water partition coefficient (Wildman–Crippen LogP) is 3.30. The number of benzene rings is 1. The van der Waals surface area contributed by atoms with Gasteiger partial charge in [-0.1, -0.05) is 25.1 Å². The number of hydrogen-bond donors (Lipinski definition) is 1. The third-order valence-corrected chi connectivity index (χ3v) is 5.59. The van der Waals surface area contributed by atoms with Crippen molar-refractivity contribution >= 4 is 11.8 Å². The van der Waals surface area contributed by atoms with Crippen LogP contribution in [0.3, 0.4) is 0 Å². The molecule has 2 heterocycles. The lowest BCUT2D eigenvalue weighted by Crippen LogP contribution is -2.39. The van der Waals surface area contributed by atoms with E-state index in [1.807, 2.05) is 11.8 Å². The molecule has 1 aromatic carbocycles. The van der Waals surface area contributed by atoms with Gasteiger partial charge in [0.15, 0.2) is 0 Å². The zero-order chi connectivity index (χ0) is 13.1. The van der Waals surface area contributed by atoms with Crippen LogP contribution in [0.15, 0.2) is 29.2 Å². The molecule has 2 nitrogen and oxygen atoms in total. The average molecular weight is 276 g/mol. The Morgan fingerprint density at radius 3 is 3.11 bits per heavy atom. The zero-order valence-corrected chi connectivity index (χ0v) is 12.6. The highest BCUT2D eigenvalue weighted by atomic mass is 32.2. The van der Waals surface area contributed by atoms with Crippen molar-refractivity contribution in [1.82, 2.24) is 10.2 Å². The molecule has 0 radical (unpaired) electrons. The van der Waals surface area contributed by atoms with Crippen LogP contribution in [0.5, 0.6) is 0 Å². The van der Waals surface area contributed by atoms with Gasteiger partial charge in [-0.25, -0.2) is 0 Å². The maximum Gasteiger partial charge on any atom is 0.0339 e. The Morgan fingerprint density at radius 1 is 1.32 bits per heavy atom. The van der Waals surface area contributed by atoms with Crippen molar-refractivity contribution in [3.05, 3.63) is 29.8 Å². The SMILES string of the molecule is CCN1CCCC1CNC1CCSc2ccccc21. The lowest BCUT2D eigenvalue weighted by Gasteiger charge is -2.29. The van der Waals surface area contributed by atoms with Gasteiger partial charge in [-0.2, -0.15) is 0 Å². The van der Waals surface area contributed by atoms with E-state index in [-0.39, 0.29) is 0 Å². The summed E-state index contributed by atoms with van der Waals surface area (Å²) in [5, 5.41) is 3.83. The number of rotatable bonds is 4. The molecule has 2 aliphatic rings. The lowest BCUT2D eigenvalue weighted by molar-refractivity contribution is 0.252. The van der Waals surface area contributed by atoms with Gasteiger partial charge in [0, 0.05) is 23.5 Å². The molecule has 0 spiro atoms. The number of likely N-dealkylation sites (tertiary alicyclic amines) is 1. The first-order valence-corrected chi connectivity index (χ1v) is 8.56. The van der Waals surface area contributed by atoms with Crippen LogP contribution in [0.25, 0.3) is 0 Å². The smallest absolute Gasteiger partial charge is 0.0339 e. The second-order valence-corrected chi connectivity index (χ2v) is 6.70. The van der Waals surface area contributed by atoms with Gasteiger partial charge in [-0.05, 0) is 49.7 Å². The molecule has 1 fully saturated rings. The lowest BCUT2D eigenvalue weighted by atomic mass is 10.0. The van der Waals surface area contributed by atoms with Crippen molar-refractivity contribution in [1.29, 1.82) is 0 Å². The minimum Gasteiger partial charge on any atom is -0.308 e. The van der Waals surface area contributed by atoms with E-state index >= 15 is 0 Å². The molecule has 19 heavy (non-hydrogen) atoms. The van der Waals surface area contributed by atoms with Gasteiger partial charge in [-0.15, -0.1) is 11.8 Å². The molecule has 3 rings (SSSR count). The van der Waals surface area contributed by atoms with Crippen LogP contribution in [0, 0.1) is 0 Å². The quantitative estimate of drug-likeness (QED) is 0.908. The maximum atomic E-state index is 3.83. The minimum absolute atomic E-state index is 0.566. The summed E-state index contributed by atoms with van der Waals surface area (Å²) in [6.07, 6.45) is 4.00. The van der Waals surface area contributed by atoms with Crippen LogP contribution in [-0.2, 0) is 0 Å². The van der Waals surface area contributed by atoms with E-state index in [1.54, 1.807) is 0 Å². The first kappa shape index (κ1) is 13.5. The maximum absolute atomic E-state index is 3.83. The molecule has 1 saturated heterocycles. The number of likely N-dealkylation sites (N-methyl/N-ethyl adjacent to an activating group) is 1. The summed E-state index contributed by atoms with van der Waals surface area (Å²) in [5.74, 6) is 1.25. The van der Waals surface area contributed by atoms with Crippen molar-refractivity contribution in [2.45, 2.75) is 43.2 Å². The second-order valence-electron chi connectivity index (χ2n) is 5.56. The largest absolute Gasteiger partial charge is 0.308 e. The van der Waals surface area contributed by atoms with Gasteiger partial charge in [0.2, 0.25) is 0 Å². The zero-order valence-electron chi connectivity index (χ0n) is 11.8. The van der Waals surface area contributed by atoms with Crippen molar-refractivity contribution in [3.63, 3.8) is 0 Å². The van der Waals surface area contributed by atoms with E-state index in [9.17, 15) is 0 Å². The number of thioether (sulfide) groups is 1. The highest BCUT2D eigenvalue weighted by molar-refractivity contribution is 7.99. The summed E-state index contributed by atoms with van der Waals surface area (Å²) in [6, 6.07) is 10.2. The molecule has 0 bridgehead atoms. The van der Waals surface area contributed by atoms with Gasteiger partial charge in [0.05, 0.1) is 0 Å². The fraction of sp³-hybridized carbons (Fsp3) is 0.625. The summed E-state index contributed by atoms with van der Waals surface area (Å²) in [6.45, 7) is 5.92. The topological polar surface area (TPSA) is 15.3 Å². The molecule has 0 saturated carbocycles. The Bertz CT molecular complexity index is 421. The second kappa shape index (κ2) is 6.29. The number of nitrogens with one attached hydrogen (secondary N) is 1. The number of hydrogen-bond acceptors (Lipinski definition) is 3. The molecule has 2 atom stereocenters. The van der Waals surface area contributed by atoms with E-state index in [0.717, 1.165) is 12.6 Å². The molecule has 0 aliphatic carbocycles. The molecule has 104 valence electrons. The third-order valence-electron chi connectivity index (χ3n) is 4.46. The minimum atomic E-state index is 0.566. The van der Waals surface area contributed by atoms with Gasteiger partial charge >= 0.3 is 0 Å². The molecule has 2 unspecified atom stereocenters. The number of nitrogens with zero attached hydrogens (tertiary/aromatic N) is 1. The summed E-state index contributed by atoms with van der Waals surface area (Å²) < 4.78 is 0. The van der Waals surface area contributed by atoms with Crippen LogP contribution in [-0.4, -0.2) is 36.3 Å². The normalized spacial score (nSPS) is 27.4. The molecular formula is C16H24N2S. The highest BCUT2D eigenvalue weighted by Crippen LogP contribution is 2.35. The van der Waals surface area contributed by atoms with Gasteiger partial charge in [0.1, 0.15) is 0 Å². The van der Waals surface area contributed by atoms with Crippen LogP contribution in [0.1, 0.15) is 37.8 Å². The third kappa shape index (κ3) is 2.99. The van der Waals surface area contributed by atoms with E-state index < -0.39 is 0 Å². The van der Waals surface area contributed by atoms with E-state index in [4.69, 9.17) is 0 Å². The van der Waals surface area contributed by atoms with Crippen molar-refractivity contribution in [2.24, 2.45) is 0 Å². The van der Waals surface area contributed by atoms with Gasteiger partial charge in [-0.3, -0.25) is 4.90 Å².